The Morgan fingerprint density at radius 1 is 1.19 bits per heavy atom. The molecule has 108 valence electrons. The maximum absolute atomic E-state index is 12.1. The predicted octanol–water partition coefficient (Wildman–Crippen LogP) is 3.20. The van der Waals surface area contributed by atoms with Crippen LogP contribution in [0.4, 0.5) is 5.69 Å². The molecule has 0 heterocycles. The first-order valence-electron chi connectivity index (χ1n) is 6.45. The molecule has 0 aliphatic rings. The second kappa shape index (κ2) is 5.71. The number of ketones is 1. The first-order valence-corrected chi connectivity index (χ1v) is 6.45. The van der Waals surface area contributed by atoms with E-state index in [2.05, 4.69) is 6.58 Å². The summed E-state index contributed by atoms with van der Waals surface area (Å²) in [6, 6.07) is 9.66. The van der Waals surface area contributed by atoms with Gasteiger partial charge >= 0.3 is 0 Å². The summed E-state index contributed by atoms with van der Waals surface area (Å²) in [5.74, 6) is -0.334. The second-order valence-electron chi connectivity index (χ2n) is 4.86. The summed E-state index contributed by atoms with van der Waals surface area (Å²) in [4.78, 5) is 14.0. The Bertz CT molecular complexity index is 705. The van der Waals surface area contributed by atoms with E-state index in [9.17, 15) is 15.0 Å². The highest BCUT2D eigenvalue weighted by Crippen LogP contribution is 2.39. The standard InChI is InChI=1S/C17H17NO3/c1-4-15(20)12-6-5-7-14(18(2)3)17(12)13-9-8-11(19)10-16(13)21/h4-10,19,21H,1H2,2-3H3. The van der Waals surface area contributed by atoms with Crippen molar-refractivity contribution >= 4 is 11.5 Å². The highest BCUT2D eigenvalue weighted by atomic mass is 16.3. The van der Waals surface area contributed by atoms with E-state index in [4.69, 9.17) is 0 Å². The smallest absolute Gasteiger partial charge is 0.185 e. The quantitative estimate of drug-likeness (QED) is 0.668. The van der Waals surface area contributed by atoms with Gasteiger partial charge in [0.05, 0.1) is 0 Å². The van der Waals surface area contributed by atoms with Gasteiger partial charge in [0.2, 0.25) is 0 Å². The van der Waals surface area contributed by atoms with E-state index >= 15 is 0 Å². The van der Waals surface area contributed by atoms with Crippen LogP contribution in [0.5, 0.6) is 11.5 Å². The fourth-order valence-electron chi connectivity index (χ4n) is 2.24. The lowest BCUT2D eigenvalue weighted by Crippen LogP contribution is -2.12. The molecule has 0 aliphatic carbocycles. The van der Waals surface area contributed by atoms with Gasteiger partial charge in [0.25, 0.3) is 0 Å². The number of benzene rings is 2. The Morgan fingerprint density at radius 3 is 2.48 bits per heavy atom. The molecule has 21 heavy (non-hydrogen) atoms. The molecule has 0 saturated carbocycles. The van der Waals surface area contributed by atoms with Gasteiger partial charge in [0, 0.05) is 42.5 Å². The van der Waals surface area contributed by atoms with Crippen LogP contribution in [0, 0.1) is 0 Å². The summed E-state index contributed by atoms with van der Waals surface area (Å²) in [7, 11) is 3.72. The molecule has 0 unspecified atom stereocenters. The van der Waals surface area contributed by atoms with Gasteiger partial charge in [-0.3, -0.25) is 4.79 Å². The van der Waals surface area contributed by atoms with Crippen LogP contribution in [-0.2, 0) is 0 Å². The van der Waals surface area contributed by atoms with Crippen molar-refractivity contribution in [3.05, 3.63) is 54.6 Å². The summed E-state index contributed by atoms with van der Waals surface area (Å²) < 4.78 is 0. The van der Waals surface area contributed by atoms with Gasteiger partial charge in [-0.15, -0.1) is 0 Å². The number of rotatable bonds is 4. The van der Waals surface area contributed by atoms with Crippen LogP contribution >= 0.6 is 0 Å². The molecule has 0 atom stereocenters. The molecule has 0 radical (unpaired) electrons. The summed E-state index contributed by atoms with van der Waals surface area (Å²) >= 11 is 0. The topological polar surface area (TPSA) is 60.8 Å². The van der Waals surface area contributed by atoms with Crippen LogP contribution in [0.25, 0.3) is 11.1 Å². The number of aromatic hydroxyl groups is 2. The lowest BCUT2D eigenvalue weighted by atomic mass is 9.94. The molecule has 4 nitrogen and oxygen atoms in total. The second-order valence-corrected chi connectivity index (χ2v) is 4.86. The number of hydrogen-bond donors (Lipinski definition) is 2. The van der Waals surface area contributed by atoms with Crippen molar-refractivity contribution in [3.63, 3.8) is 0 Å². The van der Waals surface area contributed by atoms with E-state index in [1.807, 2.05) is 25.1 Å². The molecule has 2 aromatic rings. The highest BCUT2D eigenvalue weighted by molar-refractivity contribution is 6.11. The number of anilines is 1. The van der Waals surface area contributed by atoms with Gasteiger partial charge in [-0.2, -0.15) is 0 Å². The van der Waals surface area contributed by atoms with Gasteiger partial charge in [-0.1, -0.05) is 18.7 Å². The van der Waals surface area contributed by atoms with Crippen molar-refractivity contribution < 1.29 is 15.0 Å². The molecule has 0 fully saturated rings. The van der Waals surface area contributed by atoms with Gasteiger partial charge in [0.15, 0.2) is 5.78 Å². The van der Waals surface area contributed by atoms with Gasteiger partial charge in [-0.25, -0.2) is 0 Å². The van der Waals surface area contributed by atoms with Gasteiger partial charge < -0.3 is 15.1 Å². The normalized spacial score (nSPS) is 10.2. The molecule has 0 spiro atoms. The van der Waals surface area contributed by atoms with Crippen LogP contribution in [-0.4, -0.2) is 30.1 Å². The van der Waals surface area contributed by atoms with Gasteiger partial charge in [0.1, 0.15) is 11.5 Å². The van der Waals surface area contributed by atoms with Crippen molar-refractivity contribution in [2.24, 2.45) is 0 Å². The largest absolute Gasteiger partial charge is 0.508 e. The number of phenols is 2. The molecule has 2 rings (SSSR count). The van der Waals surface area contributed by atoms with Crippen molar-refractivity contribution in [1.82, 2.24) is 0 Å². The number of carbonyl (C=O) groups excluding carboxylic acids is 1. The number of nitrogens with zero attached hydrogens (tertiary/aromatic N) is 1. The molecule has 2 N–H and O–H groups in total. The Morgan fingerprint density at radius 2 is 1.90 bits per heavy atom. The van der Waals surface area contributed by atoms with Crippen molar-refractivity contribution in [2.75, 3.05) is 19.0 Å². The Hall–Kier alpha value is -2.75. The first kappa shape index (κ1) is 14.7. The van der Waals surface area contributed by atoms with E-state index in [1.54, 1.807) is 18.2 Å². The van der Waals surface area contributed by atoms with Crippen LogP contribution in [0.2, 0.25) is 0 Å². The van der Waals surface area contributed by atoms with E-state index in [-0.39, 0.29) is 17.3 Å². The minimum Gasteiger partial charge on any atom is -0.508 e. The highest BCUT2D eigenvalue weighted by Gasteiger charge is 2.18. The third kappa shape index (κ3) is 2.74. The summed E-state index contributed by atoms with van der Waals surface area (Å²) in [6.45, 7) is 3.52. The third-order valence-electron chi connectivity index (χ3n) is 3.23. The van der Waals surface area contributed by atoms with Crippen LogP contribution in [0.15, 0.2) is 49.1 Å². The average molecular weight is 283 g/mol. The number of hydrogen-bond acceptors (Lipinski definition) is 4. The first-order chi connectivity index (χ1) is 9.95. The maximum atomic E-state index is 12.1. The van der Waals surface area contributed by atoms with Crippen LogP contribution in [0.1, 0.15) is 10.4 Å². The lowest BCUT2D eigenvalue weighted by Gasteiger charge is -2.20. The zero-order chi connectivity index (χ0) is 15.6. The number of phenolic OH excluding ortho intramolecular Hbond substituents is 2. The van der Waals surface area contributed by atoms with Crippen molar-refractivity contribution in [2.45, 2.75) is 0 Å². The molecule has 2 aromatic carbocycles. The molecule has 0 bridgehead atoms. The Kier molecular flexibility index (Phi) is 3.98. The zero-order valence-corrected chi connectivity index (χ0v) is 12.0. The van der Waals surface area contributed by atoms with Crippen LogP contribution in [0.3, 0.4) is 0 Å². The molecule has 4 heteroatoms. The van der Waals surface area contributed by atoms with Crippen LogP contribution < -0.4 is 4.90 Å². The monoisotopic (exact) mass is 283 g/mol. The van der Waals surface area contributed by atoms with E-state index in [1.165, 1.54) is 18.2 Å². The van der Waals surface area contributed by atoms with Crippen molar-refractivity contribution in [1.29, 1.82) is 0 Å². The fraction of sp³-hybridized carbons (Fsp3) is 0.118. The SMILES string of the molecule is C=CC(=O)c1cccc(N(C)C)c1-c1ccc(O)cc1O. The summed E-state index contributed by atoms with van der Waals surface area (Å²) in [6.07, 6.45) is 1.25. The predicted molar refractivity (Wildman–Crippen MR) is 84.1 cm³/mol. The maximum Gasteiger partial charge on any atom is 0.185 e. The van der Waals surface area contributed by atoms with E-state index in [0.717, 1.165) is 5.69 Å². The minimum atomic E-state index is -0.221. The minimum absolute atomic E-state index is 0.0322. The molecule has 0 saturated heterocycles. The Labute approximate surface area is 123 Å². The molecular formula is C17H17NO3. The Balaban J connectivity index is 2.80. The lowest BCUT2D eigenvalue weighted by molar-refractivity contribution is 0.104. The van der Waals surface area contributed by atoms with E-state index in [0.29, 0.717) is 16.7 Å². The van der Waals surface area contributed by atoms with E-state index < -0.39 is 0 Å². The van der Waals surface area contributed by atoms with Gasteiger partial charge in [-0.05, 0) is 24.3 Å². The summed E-state index contributed by atoms with van der Waals surface area (Å²) in [5.41, 5.74) is 2.35. The third-order valence-corrected chi connectivity index (χ3v) is 3.23. The molecule has 0 aliphatic heterocycles. The number of carbonyl (C=O) groups is 1. The molecular weight excluding hydrogens is 266 g/mol. The van der Waals surface area contributed by atoms with Crippen molar-refractivity contribution in [3.8, 4) is 22.6 Å². The fourth-order valence-corrected chi connectivity index (χ4v) is 2.24. The molecule has 0 aromatic heterocycles. The molecule has 0 amide bonds. The zero-order valence-electron chi connectivity index (χ0n) is 12.0. The average Bonchev–Trinajstić information content (AvgIpc) is 2.45. The summed E-state index contributed by atoms with van der Waals surface area (Å²) in [5, 5.41) is 19.5. The number of allylic oxidation sites excluding steroid dienone is 1.